The maximum absolute atomic E-state index is 11.5. The van der Waals surface area contributed by atoms with Gasteiger partial charge in [0.25, 0.3) is 0 Å². The summed E-state index contributed by atoms with van der Waals surface area (Å²) in [6, 6.07) is 0. The number of allylic oxidation sites excluding steroid dienone is 1. The van der Waals surface area contributed by atoms with Gasteiger partial charge in [0.05, 0.1) is 18.1 Å². The quantitative estimate of drug-likeness (QED) is 0.822. The summed E-state index contributed by atoms with van der Waals surface area (Å²) in [7, 11) is 0. The molecule has 23 heavy (non-hydrogen) atoms. The summed E-state index contributed by atoms with van der Waals surface area (Å²) in [6.07, 6.45) is 5.73. The molecule has 0 spiro atoms. The molecule has 1 fully saturated rings. The molecule has 0 aromatic carbocycles. The number of piperidine rings is 1. The predicted molar refractivity (Wildman–Crippen MR) is 90.8 cm³/mol. The summed E-state index contributed by atoms with van der Waals surface area (Å²) in [4.78, 5) is 22.9. The molecule has 1 saturated heterocycles. The summed E-state index contributed by atoms with van der Waals surface area (Å²) >= 11 is 0. The highest BCUT2D eigenvalue weighted by Crippen LogP contribution is 2.24. The number of hydrogen-bond acceptors (Lipinski definition) is 6. The lowest BCUT2D eigenvalue weighted by Gasteiger charge is -2.26. The van der Waals surface area contributed by atoms with E-state index < -0.39 is 0 Å². The number of hydrogen-bond donors (Lipinski definition) is 1. The van der Waals surface area contributed by atoms with E-state index >= 15 is 0 Å². The Kier molecular flexibility index (Phi) is 4.55. The van der Waals surface area contributed by atoms with Gasteiger partial charge in [-0.05, 0) is 6.42 Å². The molecule has 0 amide bonds. The van der Waals surface area contributed by atoms with Crippen LogP contribution in [0.25, 0.3) is 11.0 Å². The van der Waals surface area contributed by atoms with Gasteiger partial charge in [0, 0.05) is 32.5 Å². The van der Waals surface area contributed by atoms with E-state index in [0.29, 0.717) is 44.2 Å². The molecule has 7 heteroatoms. The number of rotatable bonds is 6. The summed E-state index contributed by atoms with van der Waals surface area (Å²) < 4.78 is 1.82. The first-order valence-electron chi connectivity index (χ1n) is 8.08. The minimum Gasteiger partial charge on any atom is -0.369 e. The molecule has 122 valence electrons. The Morgan fingerprint density at radius 2 is 2.13 bits per heavy atom. The Balaban J connectivity index is 2.01. The topological polar surface area (TPSA) is 75.9 Å². The molecule has 1 aliphatic heterocycles. The first-order chi connectivity index (χ1) is 11.2. The lowest BCUT2D eigenvalue weighted by molar-refractivity contribution is -0.119. The number of carbonyl (C=O) groups is 1. The van der Waals surface area contributed by atoms with Crippen molar-refractivity contribution in [2.45, 2.75) is 32.7 Å². The minimum atomic E-state index is 0.309. The van der Waals surface area contributed by atoms with Crippen LogP contribution in [0.1, 0.15) is 26.2 Å². The molecule has 3 heterocycles. The fourth-order valence-corrected chi connectivity index (χ4v) is 2.68. The normalized spacial score (nSPS) is 15.2. The van der Waals surface area contributed by atoms with E-state index in [1.807, 2.05) is 4.68 Å². The average molecular weight is 314 g/mol. The maximum Gasteiger partial charge on any atom is 0.229 e. The van der Waals surface area contributed by atoms with Crippen molar-refractivity contribution in [2.75, 3.05) is 29.9 Å². The molecular formula is C16H22N6O. The third-order valence-corrected chi connectivity index (χ3v) is 3.93. The van der Waals surface area contributed by atoms with Gasteiger partial charge in [0.1, 0.15) is 11.6 Å². The predicted octanol–water partition coefficient (Wildman–Crippen LogP) is 2.00. The summed E-state index contributed by atoms with van der Waals surface area (Å²) in [6.45, 7) is 8.68. The molecular weight excluding hydrogens is 292 g/mol. The van der Waals surface area contributed by atoms with E-state index in [2.05, 4.69) is 38.8 Å². The molecule has 2 aromatic rings. The number of nitrogens with one attached hydrogen (secondary N) is 1. The van der Waals surface area contributed by atoms with Crippen LogP contribution in [-0.4, -0.2) is 45.2 Å². The van der Waals surface area contributed by atoms with Crippen molar-refractivity contribution >= 4 is 28.6 Å². The number of anilines is 2. The monoisotopic (exact) mass is 314 g/mol. The maximum atomic E-state index is 11.5. The van der Waals surface area contributed by atoms with Gasteiger partial charge in [-0.2, -0.15) is 15.1 Å². The van der Waals surface area contributed by atoms with E-state index in [9.17, 15) is 4.79 Å². The molecule has 0 aliphatic carbocycles. The van der Waals surface area contributed by atoms with Crippen molar-refractivity contribution in [3.63, 3.8) is 0 Å². The highest BCUT2D eigenvalue weighted by Gasteiger charge is 2.21. The average Bonchev–Trinajstić information content (AvgIpc) is 2.97. The molecule has 0 atom stereocenters. The highest BCUT2D eigenvalue weighted by atomic mass is 16.1. The van der Waals surface area contributed by atoms with E-state index in [1.165, 1.54) is 0 Å². The Morgan fingerprint density at radius 3 is 2.83 bits per heavy atom. The van der Waals surface area contributed by atoms with Crippen molar-refractivity contribution in [2.24, 2.45) is 0 Å². The lowest BCUT2D eigenvalue weighted by atomic mass is 10.1. The van der Waals surface area contributed by atoms with Gasteiger partial charge >= 0.3 is 0 Å². The molecule has 0 radical (unpaired) electrons. The molecule has 0 bridgehead atoms. The van der Waals surface area contributed by atoms with E-state index in [0.717, 1.165) is 29.8 Å². The zero-order valence-electron chi connectivity index (χ0n) is 13.5. The first-order valence-corrected chi connectivity index (χ1v) is 8.08. The number of fused-ring (bicyclic) bond motifs is 1. The third-order valence-electron chi connectivity index (χ3n) is 3.93. The Labute approximate surface area is 135 Å². The largest absolute Gasteiger partial charge is 0.369 e. The van der Waals surface area contributed by atoms with Crippen LogP contribution in [0.5, 0.6) is 0 Å². The minimum absolute atomic E-state index is 0.309. The Hall–Kier alpha value is -2.44. The molecule has 0 saturated carbocycles. The number of aromatic nitrogens is 4. The van der Waals surface area contributed by atoms with Gasteiger partial charge in [-0.25, -0.2) is 4.68 Å². The lowest BCUT2D eigenvalue weighted by Crippen LogP contribution is -2.35. The smallest absolute Gasteiger partial charge is 0.229 e. The van der Waals surface area contributed by atoms with Gasteiger partial charge in [-0.1, -0.05) is 13.0 Å². The highest BCUT2D eigenvalue weighted by molar-refractivity contribution is 5.88. The van der Waals surface area contributed by atoms with Crippen LogP contribution in [0, 0.1) is 0 Å². The molecule has 0 unspecified atom stereocenters. The van der Waals surface area contributed by atoms with Crippen molar-refractivity contribution in [3.8, 4) is 0 Å². The van der Waals surface area contributed by atoms with Crippen LogP contribution in [0.4, 0.5) is 11.8 Å². The Bertz CT molecular complexity index is 713. The second-order valence-electron chi connectivity index (χ2n) is 5.68. The third kappa shape index (κ3) is 3.18. The fraction of sp³-hybridized carbons (Fsp3) is 0.500. The Morgan fingerprint density at radius 1 is 1.35 bits per heavy atom. The van der Waals surface area contributed by atoms with Crippen molar-refractivity contribution in [3.05, 3.63) is 18.9 Å². The van der Waals surface area contributed by atoms with Crippen LogP contribution in [-0.2, 0) is 11.3 Å². The number of Topliss-reactive ketones (excluding diaryl/α,β-unsaturated/α-hetero) is 1. The van der Waals surface area contributed by atoms with Crippen LogP contribution in [0.3, 0.4) is 0 Å². The van der Waals surface area contributed by atoms with Crippen LogP contribution >= 0.6 is 0 Å². The van der Waals surface area contributed by atoms with E-state index in [4.69, 9.17) is 0 Å². The molecule has 1 aliphatic rings. The zero-order valence-corrected chi connectivity index (χ0v) is 13.5. The fourth-order valence-electron chi connectivity index (χ4n) is 2.68. The van der Waals surface area contributed by atoms with Crippen LogP contribution in [0.2, 0.25) is 0 Å². The first kappa shape index (κ1) is 15.5. The number of nitrogens with zero attached hydrogens (tertiary/aromatic N) is 5. The van der Waals surface area contributed by atoms with Gasteiger partial charge < -0.3 is 10.2 Å². The summed E-state index contributed by atoms with van der Waals surface area (Å²) in [5.41, 5.74) is 0.797. The summed E-state index contributed by atoms with van der Waals surface area (Å²) in [5.74, 6) is 1.77. The van der Waals surface area contributed by atoms with Gasteiger partial charge in [-0.3, -0.25) is 4.79 Å². The van der Waals surface area contributed by atoms with Crippen molar-refractivity contribution < 1.29 is 4.79 Å². The van der Waals surface area contributed by atoms with Crippen molar-refractivity contribution in [1.29, 1.82) is 0 Å². The number of carbonyl (C=O) groups excluding carboxylic acids is 1. The van der Waals surface area contributed by atoms with E-state index in [-0.39, 0.29) is 0 Å². The summed E-state index contributed by atoms with van der Waals surface area (Å²) in [5, 5.41) is 8.65. The van der Waals surface area contributed by atoms with Crippen molar-refractivity contribution in [1.82, 2.24) is 19.7 Å². The van der Waals surface area contributed by atoms with Gasteiger partial charge in [-0.15, -0.1) is 6.58 Å². The second-order valence-corrected chi connectivity index (χ2v) is 5.68. The van der Waals surface area contributed by atoms with Gasteiger partial charge in [0.15, 0.2) is 5.65 Å². The van der Waals surface area contributed by atoms with Crippen LogP contribution in [0.15, 0.2) is 18.9 Å². The van der Waals surface area contributed by atoms with Gasteiger partial charge in [0.2, 0.25) is 5.95 Å². The SMILES string of the molecule is C=CCn1ncc2c(NCCC)nc(N3CCC(=O)CC3)nc21. The molecule has 3 rings (SSSR count). The van der Waals surface area contributed by atoms with E-state index in [1.54, 1.807) is 12.3 Å². The molecule has 7 nitrogen and oxygen atoms in total. The molecule has 1 N–H and O–H groups in total. The zero-order chi connectivity index (χ0) is 16.2. The second kappa shape index (κ2) is 6.76. The number of ketones is 1. The van der Waals surface area contributed by atoms with Crippen LogP contribution < -0.4 is 10.2 Å². The standard InChI is InChI=1S/C16H22N6O/c1-3-7-17-14-13-11-18-22(8-4-2)15(13)20-16(19-14)21-9-5-12(23)6-10-21/h4,11H,2-3,5-10H2,1H3,(H,17,19,20). The molecule has 2 aromatic heterocycles.